The fourth-order valence-electron chi connectivity index (χ4n) is 2.11. The Bertz CT molecular complexity index is 463. The Balaban J connectivity index is 2.07. The lowest BCUT2D eigenvalue weighted by Gasteiger charge is -2.13. The van der Waals surface area contributed by atoms with Crippen LogP contribution in [0.15, 0.2) is 36.0 Å². The first-order chi connectivity index (χ1) is 8.66. The summed E-state index contributed by atoms with van der Waals surface area (Å²) in [6, 6.07) is 7.60. The number of carbonyl (C=O) groups is 1. The number of aliphatic hydroxyl groups excluding tert-OH is 1. The van der Waals surface area contributed by atoms with Crippen LogP contribution < -0.4 is 5.32 Å². The van der Waals surface area contributed by atoms with Crippen LogP contribution in [-0.2, 0) is 4.79 Å². The molecule has 18 heavy (non-hydrogen) atoms. The summed E-state index contributed by atoms with van der Waals surface area (Å²) in [4.78, 5) is 11.6. The molecule has 1 aliphatic rings. The minimum Gasteiger partial charge on any atom is -0.389 e. The van der Waals surface area contributed by atoms with Crippen LogP contribution in [0, 0.1) is 0 Å². The van der Waals surface area contributed by atoms with Crippen molar-refractivity contribution in [2.45, 2.75) is 38.7 Å². The van der Waals surface area contributed by atoms with Gasteiger partial charge < -0.3 is 10.4 Å². The van der Waals surface area contributed by atoms with Crippen molar-refractivity contribution in [3.63, 3.8) is 0 Å². The van der Waals surface area contributed by atoms with Crippen LogP contribution in [-0.4, -0.2) is 10.9 Å². The third-order valence-corrected chi connectivity index (χ3v) is 3.24. The molecule has 1 aromatic rings. The molecule has 0 bridgehead atoms. The van der Waals surface area contributed by atoms with E-state index in [0.717, 1.165) is 36.1 Å². The number of hydrogen-bond donors (Lipinski definition) is 2. The molecule has 96 valence electrons. The van der Waals surface area contributed by atoms with Gasteiger partial charge in [0.1, 0.15) is 0 Å². The monoisotopic (exact) mass is 245 g/mol. The summed E-state index contributed by atoms with van der Waals surface area (Å²) in [6.07, 6.45) is 4.96. The molecule has 0 radical (unpaired) electrons. The van der Waals surface area contributed by atoms with Crippen molar-refractivity contribution in [1.29, 1.82) is 0 Å². The molecule has 1 aliphatic carbocycles. The van der Waals surface area contributed by atoms with E-state index in [1.54, 1.807) is 6.92 Å². The fraction of sp³-hybridized carbons (Fsp3) is 0.400. The van der Waals surface area contributed by atoms with Crippen molar-refractivity contribution in [3.8, 4) is 0 Å². The predicted molar refractivity (Wildman–Crippen MR) is 72.3 cm³/mol. The molecule has 0 amide bonds. The van der Waals surface area contributed by atoms with Gasteiger partial charge in [0.25, 0.3) is 0 Å². The highest BCUT2D eigenvalue weighted by Gasteiger charge is 2.14. The number of rotatable bonds is 3. The van der Waals surface area contributed by atoms with Crippen molar-refractivity contribution in [1.82, 2.24) is 0 Å². The summed E-state index contributed by atoms with van der Waals surface area (Å²) in [5, 5.41) is 12.7. The molecule has 3 heteroatoms. The van der Waals surface area contributed by atoms with Crippen molar-refractivity contribution in [2.24, 2.45) is 0 Å². The fourth-order valence-corrected chi connectivity index (χ4v) is 2.11. The number of hydrogen-bond acceptors (Lipinski definition) is 3. The van der Waals surface area contributed by atoms with Gasteiger partial charge in [-0.15, -0.1) is 0 Å². The second-order valence-electron chi connectivity index (χ2n) is 4.75. The second kappa shape index (κ2) is 5.83. The average molecular weight is 245 g/mol. The number of Topliss-reactive ketones (excluding diaryl/α,β-unsaturated/α-hetero) is 1. The predicted octanol–water partition coefficient (Wildman–Crippen LogP) is 3.18. The third kappa shape index (κ3) is 3.20. The van der Waals surface area contributed by atoms with Crippen LogP contribution >= 0.6 is 0 Å². The number of nitrogens with one attached hydrogen (secondary N) is 1. The summed E-state index contributed by atoms with van der Waals surface area (Å²) in [5.41, 5.74) is 2.65. The lowest BCUT2D eigenvalue weighted by Crippen LogP contribution is -2.09. The van der Waals surface area contributed by atoms with E-state index in [9.17, 15) is 9.90 Å². The van der Waals surface area contributed by atoms with Crippen molar-refractivity contribution in [3.05, 3.63) is 41.6 Å². The maximum absolute atomic E-state index is 11.6. The third-order valence-electron chi connectivity index (χ3n) is 3.24. The molecule has 3 nitrogen and oxygen atoms in total. The van der Waals surface area contributed by atoms with E-state index >= 15 is 0 Å². The van der Waals surface area contributed by atoms with E-state index in [-0.39, 0.29) is 5.78 Å². The average Bonchev–Trinajstić information content (AvgIpc) is 2.38. The summed E-state index contributed by atoms with van der Waals surface area (Å²) in [7, 11) is 0. The number of benzene rings is 1. The van der Waals surface area contributed by atoms with Crippen molar-refractivity contribution >= 4 is 11.5 Å². The van der Waals surface area contributed by atoms with Crippen LogP contribution in [0.25, 0.3) is 0 Å². The van der Waals surface area contributed by atoms with Crippen LogP contribution in [0.1, 0.15) is 44.3 Å². The Morgan fingerprint density at radius 1 is 1.33 bits per heavy atom. The molecule has 2 rings (SSSR count). The first-order valence-corrected chi connectivity index (χ1v) is 6.43. The molecule has 0 heterocycles. The van der Waals surface area contributed by atoms with Crippen LogP contribution in [0.2, 0.25) is 0 Å². The van der Waals surface area contributed by atoms with Gasteiger partial charge in [-0.25, -0.2) is 0 Å². The zero-order valence-electron chi connectivity index (χ0n) is 10.6. The Morgan fingerprint density at radius 3 is 2.83 bits per heavy atom. The summed E-state index contributed by atoms with van der Waals surface area (Å²) < 4.78 is 0. The molecule has 2 N–H and O–H groups in total. The van der Waals surface area contributed by atoms with Gasteiger partial charge in [-0.2, -0.15) is 0 Å². The maximum Gasteiger partial charge on any atom is 0.160 e. The maximum atomic E-state index is 11.6. The van der Waals surface area contributed by atoms with Gasteiger partial charge in [-0.3, -0.25) is 4.79 Å². The lowest BCUT2D eigenvalue weighted by atomic mass is 9.94. The van der Waals surface area contributed by atoms with Gasteiger partial charge in [-0.05, 0) is 43.9 Å². The highest BCUT2D eigenvalue weighted by molar-refractivity contribution is 5.96. The Morgan fingerprint density at radius 2 is 2.11 bits per heavy atom. The second-order valence-corrected chi connectivity index (χ2v) is 4.75. The number of anilines is 1. The van der Waals surface area contributed by atoms with Crippen molar-refractivity contribution in [2.75, 3.05) is 5.32 Å². The summed E-state index contributed by atoms with van der Waals surface area (Å²) in [5.74, 6) is 0.250. The molecule has 1 saturated carbocycles. The van der Waals surface area contributed by atoms with Crippen LogP contribution in [0.3, 0.4) is 0 Å². The largest absolute Gasteiger partial charge is 0.389 e. The highest BCUT2D eigenvalue weighted by Crippen LogP contribution is 2.21. The summed E-state index contributed by atoms with van der Waals surface area (Å²) in [6.45, 7) is 1.74. The minimum absolute atomic E-state index is 0.250. The number of carbonyl (C=O) groups excluding carboxylic acids is 1. The summed E-state index contributed by atoms with van der Waals surface area (Å²) >= 11 is 0. The first-order valence-electron chi connectivity index (χ1n) is 6.43. The van der Waals surface area contributed by atoms with Crippen LogP contribution in [0.5, 0.6) is 0 Å². The van der Waals surface area contributed by atoms with Gasteiger partial charge in [-0.1, -0.05) is 12.1 Å². The van der Waals surface area contributed by atoms with E-state index in [0.29, 0.717) is 6.42 Å². The lowest BCUT2D eigenvalue weighted by molar-refractivity contribution is -0.116. The molecular weight excluding hydrogens is 226 g/mol. The van der Waals surface area contributed by atoms with Crippen LogP contribution in [0.4, 0.5) is 5.69 Å². The molecule has 0 aromatic heterocycles. The molecule has 0 unspecified atom stereocenters. The number of allylic oxidation sites excluding steroid dienone is 1. The van der Waals surface area contributed by atoms with Gasteiger partial charge >= 0.3 is 0 Å². The van der Waals surface area contributed by atoms with E-state index in [1.807, 2.05) is 30.5 Å². The Kier molecular flexibility index (Phi) is 4.15. The zero-order chi connectivity index (χ0) is 13.0. The van der Waals surface area contributed by atoms with Gasteiger partial charge in [0, 0.05) is 23.9 Å². The molecular formula is C15H19NO2. The SMILES string of the molecule is C[C@@H](O)c1cccc(N/C=C2/CCCCC2=O)c1. The molecule has 0 aliphatic heterocycles. The van der Waals surface area contributed by atoms with Gasteiger partial charge in [0.05, 0.1) is 6.10 Å². The van der Waals surface area contributed by atoms with E-state index in [1.165, 1.54) is 0 Å². The smallest absolute Gasteiger partial charge is 0.160 e. The molecule has 0 spiro atoms. The number of aliphatic hydroxyl groups is 1. The molecule has 1 aromatic carbocycles. The van der Waals surface area contributed by atoms with Gasteiger partial charge in [0.15, 0.2) is 5.78 Å². The normalized spacial score (nSPS) is 19.9. The standard InChI is InChI=1S/C15H19NO2/c1-11(17)12-6-4-7-14(9-12)16-10-13-5-2-3-8-15(13)18/h4,6-7,9-11,16-17H,2-3,5,8H2,1H3/b13-10-/t11-/m1/s1. The first kappa shape index (κ1) is 12.8. The zero-order valence-corrected chi connectivity index (χ0v) is 10.6. The molecule has 0 saturated heterocycles. The quantitative estimate of drug-likeness (QED) is 0.804. The molecule has 1 fully saturated rings. The number of ketones is 1. The topological polar surface area (TPSA) is 49.3 Å². The van der Waals surface area contributed by atoms with E-state index < -0.39 is 6.10 Å². The minimum atomic E-state index is -0.476. The van der Waals surface area contributed by atoms with Crippen molar-refractivity contribution < 1.29 is 9.90 Å². The van der Waals surface area contributed by atoms with E-state index in [4.69, 9.17) is 0 Å². The van der Waals surface area contributed by atoms with Gasteiger partial charge in [0.2, 0.25) is 0 Å². The van der Waals surface area contributed by atoms with E-state index in [2.05, 4.69) is 5.32 Å². The molecule has 1 atom stereocenters. The highest BCUT2D eigenvalue weighted by atomic mass is 16.3. The Hall–Kier alpha value is -1.61. The Labute approximate surface area is 108 Å².